The Balaban J connectivity index is 1.40. The number of unbranched alkanes of at least 4 members (excludes halogenated alkanes) is 1. The molecule has 1 fully saturated rings. The van der Waals surface area contributed by atoms with E-state index < -0.39 is 11.8 Å². The van der Waals surface area contributed by atoms with E-state index in [1.807, 2.05) is 32.0 Å². The quantitative estimate of drug-likeness (QED) is 0.502. The van der Waals surface area contributed by atoms with Crippen molar-refractivity contribution < 1.29 is 24.1 Å². The van der Waals surface area contributed by atoms with Gasteiger partial charge in [0.25, 0.3) is 0 Å². The molecule has 1 saturated heterocycles. The maximum atomic E-state index is 11.4. The summed E-state index contributed by atoms with van der Waals surface area (Å²) in [6.45, 7) is 7.00. The number of aromatic amines is 1. The van der Waals surface area contributed by atoms with Crippen LogP contribution in [0.1, 0.15) is 42.6 Å². The van der Waals surface area contributed by atoms with Crippen LogP contribution in [0.25, 0.3) is 0 Å². The number of aliphatic hydroxyl groups is 1. The number of nitrogens with one attached hydrogen (secondary N) is 1. The van der Waals surface area contributed by atoms with Gasteiger partial charge in [0.1, 0.15) is 5.60 Å². The van der Waals surface area contributed by atoms with Gasteiger partial charge in [0.05, 0.1) is 19.4 Å². The van der Waals surface area contributed by atoms with Crippen LogP contribution in [0.15, 0.2) is 24.4 Å². The number of aromatic nitrogens is 2. The number of carbonyl (C=O) groups excluding carboxylic acids is 1. The molecule has 2 N–H and O–H groups in total. The highest BCUT2D eigenvalue weighted by Gasteiger charge is 2.34. The molecule has 30 heavy (non-hydrogen) atoms. The third-order valence-corrected chi connectivity index (χ3v) is 5.70. The molecular weight excluding hydrogens is 386 g/mol. The van der Waals surface area contributed by atoms with Gasteiger partial charge in [0.2, 0.25) is 5.88 Å². The monoisotopic (exact) mass is 417 g/mol. The molecular formula is C22H31N3O5. The minimum atomic E-state index is -0.819. The summed E-state index contributed by atoms with van der Waals surface area (Å²) >= 11 is 0. The summed E-state index contributed by atoms with van der Waals surface area (Å²) < 4.78 is 15.6. The van der Waals surface area contributed by atoms with Crippen LogP contribution in [0.3, 0.4) is 0 Å². The summed E-state index contributed by atoms with van der Waals surface area (Å²) in [5.41, 5.74) is 1.75. The fourth-order valence-corrected chi connectivity index (χ4v) is 3.68. The van der Waals surface area contributed by atoms with Gasteiger partial charge in [-0.05, 0) is 58.2 Å². The van der Waals surface area contributed by atoms with E-state index in [1.54, 1.807) is 6.20 Å². The Morgan fingerprint density at radius 3 is 2.70 bits per heavy atom. The van der Waals surface area contributed by atoms with E-state index >= 15 is 0 Å². The van der Waals surface area contributed by atoms with E-state index in [2.05, 4.69) is 19.6 Å². The smallest absolute Gasteiger partial charge is 0.488 e. The number of nitrogens with zero attached hydrogens (tertiary/aromatic N) is 2. The van der Waals surface area contributed by atoms with Crippen molar-refractivity contribution in [2.45, 2.75) is 45.1 Å². The number of methoxy groups -OCH3 is 1. The maximum absolute atomic E-state index is 11.4. The van der Waals surface area contributed by atoms with Crippen LogP contribution in [0.2, 0.25) is 0 Å². The molecule has 8 heteroatoms. The molecule has 0 radical (unpaired) electrons. The highest BCUT2D eigenvalue weighted by atomic mass is 16.7. The molecule has 8 nitrogen and oxygen atoms in total. The van der Waals surface area contributed by atoms with Gasteiger partial charge in [-0.15, -0.1) is 0 Å². The molecule has 0 spiro atoms. The molecule has 0 aliphatic carbocycles. The summed E-state index contributed by atoms with van der Waals surface area (Å²) in [6.07, 6.45) is 4.19. The number of ether oxygens (including phenoxy) is 3. The van der Waals surface area contributed by atoms with E-state index in [-0.39, 0.29) is 5.88 Å². The SMILES string of the molecule is COC(=O)Oc1[nH]c(C)c(C)c1OCCCCN1CCC(O)(c2ccccn2)CC1. The number of hydrogen-bond acceptors (Lipinski definition) is 7. The first kappa shape index (κ1) is 22.1. The average molecular weight is 418 g/mol. The van der Waals surface area contributed by atoms with Crippen LogP contribution in [0.5, 0.6) is 11.6 Å². The predicted octanol–water partition coefficient (Wildman–Crippen LogP) is 3.31. The topological polar surface area (TPSA) is 96.9 Å². The number of carbonyl (C=O) groups is 1. The molecule has 0 saturated carbocycles. The molecule has 3 rings (SSSR count). The molecule has 0 unspecified atom stereocenters. The molecule has 0 aromatic carbocycles. The molecule has 0 atom stereocenters. The van der Waals surface area contributed by atoms with Crippen molar-refractivity contribution in [1.29, 1.82) is 0 Å². The number of likely N-dealkylation sites (tertiary alicyclic amines) is 1. The lowest BCUT2D eigenvalue weighted by atomic mass is 9.87. The average Bonchev–Trinajstić information content (AvgIpc) is 3.02. The van der Waals surface area contributed by atoms with E-state index in [4.69, 9.17) is 9.47 Å². The van der Waals surface area contributed by atoms with Gasteiger partial charge < -0.3 is 29.2 Å². The minimum absolute atomic E-state index is 0.279. The largest absolute Gasteiger partial charge is 0.514 e. The van der Waals surface area contributed by atoms with Crippen molar-refractivity contribution in [3.8, 4) is 11.6 Å². The first-order chi connectivity index (χ1) is 14.4. The van der Waals surface area contributed by atoms with Gasteiger partial charge in [-0.1, -0.05) is 6.07 Å². The molecule has 1 aliphatic heterocycles. The van der Waals surface area contributed by atoms with Crippen molar-refractivity contribution in [2.75, 3.05) is 33.4 Å². The Labute approximate surface area is 177 Å². The lowest BCUT2D eigenvalue weighted by Gasteiger charge is -2.37. The Morgan fingerprint density at radius 2 is 2.03 bits per heavy atom. The zero-order valence-corrected chi connectivity index (χ0v) is 17.9. The van der Waals surface area contributed by atoms with Gasteiger partial charge in [-0.2, -0.15) is 0 Å². The Bertz CT molecular complexity index is 829. The predicted molar refractivity (Wildman–Crippen MR) is 112 cm³/mol. The number of aryl methyl sites for hydroxylation is 1. The summed E-state index contributed by atoms with van der Waals surface area (Å²) in [5, 5.41) is 10.9. The molecule has 0 bridgehead atoms. The molecule has 2 aromatic heterocycles. The second-order valence-corrected chi connectivity index (χ2v) is 7.73. The van der Waals surface area contributed by atoms with Gasteiger partial charge in [0.15, 0.2) is 5.75 Å². The Kier molecular flexibility index (Phi) is 7.33. The molecule has 2 aromatic rings. The molecule has 0 amide bonds. The Morgan fingerprint density at radius 1 is 1.27 bits per heavy atom. The standard InChI is InChI=1S/C22H31N3O5/c1-16-17(2)24-20(30-21(26)28-3)19(16)29-15-7-6-12-25-13-9-22(27,10-14-25)18-8-4-5-11-23-18/h4-5,8,11,24,27H,6-7,9-10,12-15H2,1-3H3. The second kappa shape index (κ2) is 9.95. The Hall–Kier alpha value is -2.58. The maximum Gasteiger partial charge on any atom is 0.514 e. The van der Waals surface area contributed by atoms with Gasteiger partial charge in [-0.3, -0.25) is 4.98 Å². The van der Waals surface area contributed by atoms with E-state index in [0.29, 0.717) is 25.2 Å². The third kappa shape index (κ3) is 5.31. The minimum Gasteiger partial charge on any atom is -0.488 e. The molecule has 3 heterocycles. The van der Waals surface area contributed by atoms with Gasteiger partial charge in [-0.25, -0.2) is 4.79 Å². The van der Waals surface area contributed by atoms with Crippen LogP contribution in [0, 0.1) is 13.8 Å². The lowest BCUT2D eigenvalue weighted by molar-refractivity contribution is -0.0296. The van der Waals surface area contributed by atoms with Gasteiger partial charge in [0, 0.05) is 30.5 Å². The van der Waals surface area contributed by atoms with Crippen molar-refractivity contribution in [3.05, 3.63) is 41.3 Å². The van der Waals surface area contributed by atoms with Crippen molar-refractivity contribution in [2.24, 2.45) is 0 Å². The lowest BCUT2D eigenvalue weighted by Crippen LogP contribution is -2.43. The number of pyridine rings is 1. The zero-order valence-electron chi connectivity index (χ0n) is 17.9. The van der Waals surface area contributed by atoms with Gasteiger partial charge >= 0.3 is 6.16 Å². The van der Waals surface area contributed by atoms with Crippen molar-refractivity contribution in [3.63, 3.8) is 0 Å². The summed E-state index contributed by atoms with van der Waals surface area (Å²) in [5.74, 6) is 0.831. The van der Waals surface area contributed by atoms with Crippen LogP contribution >= 0.6 is 0 Å². The molecule has 164 valence electrons. The van der Waals surface area contributed by atoms with E-state index in [1.165, 1.54) is 7.11 Å². The normalized spacial score (nSPS) is 16.3. The van der Waals surface area contributed by atoms with E-state index in [0.717, 1.165) is 49.4 Å². The summed E-state index contributed by atoms with van der Waals surface area (Å²) in [6, 6.07) is 5.68. The highest BCUT2D eigenvalue weighted by molar-refractivity contribution is 5.65. The number of rotatable bonds is 8. The summed E-state index contributed by atoms with van der Waals surface area (Å²) in [7, 11) is 1.27. The van der Waals surface area contributed by atoms with Crippen LogP contribution in [-0.2, 0) is 10.3 Å². The number of piperidine rings is 1. The van der Waals surface area contributed by atoms with Crippen molar-refractivity contribution in [1.82, 2.24) is 14.9 Å². The second-order valence-electron chi connectivity index (χ2n) is 7.73. The fraction of sp³-hybridized carbons (Fsp3) is 0.545. The van der Waals surface area contributed by atoms with Crippen molar-refractivity contribution >= 4 is 6.16 Å². The summed E-state index contributed by atoms with van der Waals surface area (Å²) in [4.78, 5) is 21.1. The van der Waals surface area contributed by atoms with Crippen LogP contribution < -0.4 is 9.47 Å². The van der Waals surface area contributed by atoms with Crippen LogP contribution in [-0.4, -0.2) is 59.5 Å². The van der Waals surface area contributed by atoms with E-state index in [9.17, 15) is 9.90 Å². The molecule has 1 aliphatic rings. The highest BCUT2D eigenvalue weighted by Crippen LogP contribution is 2.34. The van der Waals surface area contributed by atoms with Crippen LogP contribution in [0.4, 0.5) is 4.79 Å². The fourth-order valence-electron chi connectivity index (χ4n) is 3.68. The first-order valence-corrected chi connectivity index (χ1v) is 10.4. The first-order valence-electron chi connectivity index (χ1n) is 10.4. The third-order valence-electron chi connectivity index (χ3n) is 5.70. The number of H-pyrrole nitrogens is 1. The zero-order chi connectivity index (χ0) is 21.6. The number of hydrogen-bond donors (Lipinski definition) is 2.